The lowest BCUT2D eigenvalue weighted by Crippen LogP contribution is -2.73. The fourth-order valence-corrected chi connectivity index (χ4v) is 6.06. The third-order valence-electron chi connectivity index (χ3n) is 3.90. The van der Waals surface area contributed by atoms with Gasteiger partial charge in [-0.3, -0.25) is 0 Å². The Morgan fingerprint density at radius 2 is 1.92 bits per heavy atom. The number of nitrogens with zero attached hydrogens (tertiary/aromatic N) is 1. The lowest BCUT2D eigenvalue weighted by Gasteiger charge is -2.53. The highest BCUT2D eigenvalue weighted by atomic mass is 32.2. The molecule has 76 valence electrons. The molecular weight excluding hydrogens is 186 g/mol. The van der Waals surface area contributed by atoms with Gasteiger partial charge in [-0.25, -0.2) is 8.42 Å². The molecule has 0 aromatic heterocycles. The maximum atomic E-state index is 11.5. The summed E-state index contributed by atoms with van der Waals surface area (Å²) in [5.41, 5.74) is 0.0544. The zero-order valence-corrected chi connectivity index (χ0v) is 9.39. The van der Waals surface area contributed by atoms with Crippen LogP contribution < -0.4 is 0 Å². The lowest BCUT2D eigenvalue weighted by atomic mass is 9.94. The zero-order valence-electron chi connectivity index (χ0n) is 8.58. The van der Waals surface area contributed by atoms with Gasteiger partial charge in [-0.05, 0) is 12.8 Å². The minimum atomic E-state index is -2.72. The Hall–Kier alpha value is -0.0900. The first-order chi connectivity index (χ1) is 5.80. The number of rotatable bonds is 1. The molecule has 2 fully saturated rings. The van der Waals surface area contributed by atoms with Crippen molar-refractivity contribution in [2.24, 2.45) is 0 Å². The Labute approximate surface area is 80.2 Å². The monoisotopic (exact) mass is 204 g/mol. The second-order valence-corrected chi connectivity index (χ2v) is 7.49. The summed E-state index contributed by atoms with van der Waals surface area (Å²) in [5.74, 6) is 0.411. The number of hydrogen-bond acceptors (Lipinski definition) is 2. The summed E-state index contributed by atoms with van der Waals surface area (Å²) < 4.78 is 23.9. The second kappa shape index (κ2) is 2.28. The van der Waals surface area contributed by atoms with Crippen LogP contribution in [0.5, 0.6) is 0 Å². The van der Waals surface area contributed by atoms with E-state index < -0.39 is 9.84 Å². The first-order valence-corrected chi connectivity index (χ1v) is 6.54. The fraction of sp³-hybridized carbons (Fsp3) is 1.00. The van der Waals surface area contributed by atoms with Crippen LogP contribution in [0.2, 0.25) is 0 Å². The van der Waals surface area contributed by atoms with E-state index >= 15 is 0 Å². The van der Waals surface area contributed by atoms with Crippen LogP contribution in [0.3, 0.4) is 0 Å². The van der Waals surface area contributed by atoms with E-state index in [0.29, 0.717) is 5.75 Å². The molecule has 1 aliphatic carbocycles. The highest BCUT2D eigenvalue weighted by Crippen LogP contribution is 2.50. The van der Waals surface area contributed by atoms with Crippen LogP contribution in [0.1, 0.15) is 19.3 Å². The first kappa shape index (κ1) is 9.46. The average molecular weight is 204 g/mol. The van der Waals surface area contributed by atoms with E-state index in [9.17, 15) is 8.42 Å². The Morgan fingerprint density at radius 3 is 2.31 bits per heavy atom. The summed E-state index contributed by atoms with van der Waals surface area (Å²) >= 11 is 0. The van der Waals surface area contributed by atoms with Gasteiger partial charge in [-0.1, -0.05) is 0 Å². The molecule has 0 aromatic carbocycles. The van der Waals surface area contributed by atoms with Crippen molar-refractivity contribution in [3.05, 3.63) is 0 Å². The van der Waals surface area contributed by atoms with Gasteiger partial charge in [0.2, 0.25) is 0 Å². The molecule has 2 rings (SSSR count). The van der Waals surface area contributed by atoms with Gasteiger partial charge in [0.1, 0.15) is 16.5 Å². The van der Waals surface area contributed by atoms with Crippen molar-refractivity contribution in [3.8, 4) is 0 Å². The molecule has 1 saturated heterocycles. The number of sulfone groups is 1. The number of quaternary nitrogens is 1. The van der Waals surface area contributed by atoms with Gasteiger partial charge >= 0.3 is 0 Å². The molecule has 0 N–H and O–H groups in total. The molecule has 2 aliphatic rings. The molecule has 0 unspecified atom stereocenters. The average Bonchev–Trinajstić information content (AvgIpc) is 2.26. The van der Waals surface area contributed by atoms with Crippen LogP contribution in [0.25, 0.3) is 0 Å². The molecule has 1 heterocycles. The van der Waals surface area contributed by atoms with E-state index in [-0.39, 0.29) is 10.8 Å². The molecule has 0 spiro atoms. The molecule has 1 saturated carbocycles. The van der Waals surface area contributed by atoms with E-state index in [4.69, 9.17) is 0 Å². The Bertz CT molecular complexity index is 328. The predicted octanol–water partition coefficient (Wildman–Crippen LogP) is 0.412. The predicted molar refractivity (Wildman–Crippen MR) is 52.2 cm³/mol. The number of hydrogen-bond donors (Lipinski definition) is 0. The maximum absolute atomic E-state index is 11.5. The van der Waals surface area contributed by atoms with Gasteiger partial charge in [0.05, 0.1) is 21.1 Å². The van der Waals surface area contributed by atoms with Crippen LogP contribution in [0.4, 0.5) is 0 Å². The molecule has 0 radical (unpaired) electrons. The molecule has 1 aliphatic heterocycles. The molecule has 13 heavy (non-hydrogen) atoms. The van der Waals surface area contributed by atoms with Crippen LogP contribution in [-0.2, 0) is 9.84 Å². The largest absolute Gasteiger partial charge is 0.324 e. The van der Waals surface area contributed by atoms with Crippen molar-refractivity contribution in [2.75, 3.05) is 26.9 Å². The maximum Gasteiger partial charge on any atom is 0.165 e. The second-order valence-electron chi connectivity index (χ2n) is 5.30. The van der Waals surface area contributed by atoms with Crippen LogP contribution in [0.15, 0.2) is 0 Å². The van der Waals surface area contributed by atoms with Gasteiger partial charge in [-0.15, -0.1) is 0 Å². The van der Waals surface area contributed by atoms with Crippen molar-refractivity contribution in [1.29, 1.82) is 0 Å². The summed E-state index contributed by atoms with van der Waals surface area (Å²) in [6.07, 6.45) is 3.05. The molecular formula is C9H18NO2S+. The van der Waals surface area contributed by atoms with Crippen molar-refractivity contribution in [2.45, 2.75) is 30.1 Å². The number of fused-ring (bicyclic) bond motifs is 1. The minimum Gasteiger partial charge on any atom is -0.324 e. The summed E-state index contributed by atoms with van der Waals surface area (Å²) in [4.78, 5) is 0. The van der Waals surface area contributed by atoms with E-state index in [1.165, 1.54) is 0 Å². The van der Waals surface area contributed by atoms with Gasteiger partial charge in [0.25, 0.3) is 0 Å². The smallest absolute Gasteiger partial charge is 0.165 e. The molecule has 2 atom stereocenters. The highest BCUT2D eigenvalue weighted by Gasteiger charge is 2.68. The zero-order chi connectivity index (χ0) is 9.91. The van der Waals surface area contributed by atoms with E-state index in [2.05, 4.69) is 21.1 Å². The van der Waals surface area contributed by atoms with Gasteiger partial charge in [-0.2, -0.15) is 0 Å². The molecule has 4 heteroatoms. The van der Waals surface area contributed by atoms with Crippen molar-refractivity contribution < 1.29 is 12.9 Å². The fourth-order valence-electron chi connectivity index (χ4n) is 3.01. The standard InChI is InChI=1S/C9H18NO2S/c1-10(2,3)9-6-4-5-8(9)13(11,12)7-9/h8H,4-7H2,1-3H3/q+1/t8-,9-/m0/s1. The minimum absolute atomic E-state index is 0.0417. The first-order valence-electron chi connectivity index (χ1n) is 4.83. The van der Waals surface area contributed by atoms with Gasteiger partial charge in [0.15, 0.2) is 9.84 Å². The van der Waals surface area contributed by atoms with Crippen molar-refractivity contribution in [3.63, 3.8) is 0 Å². The Morgan fingerprint density at radius 1 is 1.31 bits per heavy atom. The third kappa shape index (κ3) is 1.02. The summed E-state index contributed by atoms with van der Waals surface area (Å²) in [6.45, 7) is 0. The van der Waals surface area contributed by atoms with Crippen LogP contribution >= 0.6 is 0 Å². The molecule has 0 bridgehead atoms. The normalized spacial score (nSPS) is 42.5. The molecule has 3 nitrogen and oxygen atoms in total. The molecule has 0 aromatic rings. The third-order valence-corrected chi connectivity index (χ3v) is 6.34. The van der Waals surface area contributed by atoms with Crippen molar-refractivity contribution >= 4 is 9.84 Å². The quantitative estimate of drug-likeness (QED) is 0.580. The van der Waals surface area contributed by atoms with E-state index in [1.54, 1.807) is 0 Å². The van der Waals surface area contributed by atoms with Gasteiger partial charge in [0, 0.05) is 6.42 Å². The topological polar surface area (TPSA) is 34.1 Å². The highest BCUT2D eigenvalue weighted by molar-refractivity contribution is 7.93. The summed E-state index contributed by atoms with van der Waals surface area (Å²) in [6, 6.07) is 0. The van der Waals surface area contributed by atoms with Crippen LogP contribution in [-0.4, -0.2) is 50.6 Å². The van der Waals surface area contributed by atoms with Gasteiger partial charge < -0.3 is 4.48 Å². The summed E-state index contributed by atoms with van der Waals surface area (Å²) in [7, 11) is 3.64. The molecule has 0 amide bonds. The van der Waals surface area contributed by atoms with E-state index in [0.717, 1.165) is 23.7 Å². The summed E-state index contributed by atoms with van der Waals surface area (Å²) in [5, 5.41) is -0.0417. The van der Waals surface area contributed by atoms with Crippen LogP contribution in [0, 0.1) is 0 Å². The SMILES string of the molecule is C[N+](C)(C)[C@]12CCC[C@@H]1S(=O)(=O)C2. The van der Waals surface area contributed by atoms with Crippen molar-refractivity contribution in [1.82, 2.24) is 0 Å². The Balaban J connectivity index is 2.38. The Kier molecular flexibility index (Phi) is 1.66. The lowest BCUT2D eigenvalue weighted by molar-refractivity contribution is -0.921. The van der Waals surface area contributed by atoms with E-state index in [1.807, 2.05) is 0 Å².